The molecule has 0 saturated carbocycles. The minimum atomic E-state index is -0.434. The van der Waals surface area contributed by atoms with E-state index in [2.05, 4.69) is 15.6 Å². The molecule has 1 atom stereocenters. The number of nitrogens with one attached hydrogen (secondary N) is 2. The van der Waals surface area contributed by atoms with Crippen molar-refractivity contribution in [3.63, 3.8) is 0 Å². The average molecular weight is 301 g/mol. The van der Waals surface area contributed by atoms with Crippen molar-refractivity contribution in [1.29, 1.82) is 0 Å². The van der Waals surface area contributed by atoms with Gasteiger partial charge in [-0.05, 0) is 18.6 Å². The van der Waals surface area contributed by atoms with Crippen LogP contribution in [0, 0.1) is 6.92 Å². The average Bonchev–Trinajstić information content (AvgIpc) is 2.89. The minimum absolute atomic E-state index is 0.126. The van der Waals surface area contributed by atoms with Crippen LogP contribution in [0.2, 0.25) is 0 Å². The molecular formula is C15H15N3O2S. The number of hydrogen-bond acceptors (Lipinski definition) is 4. The topological polar surface area (TPSA) is 71.1 Å². The van der Waals surface area contributed by atoms with Crippen LogP contribution >= 0.6 is 11.3 Å². The Balaban J connectivity index is 1.74. The standard InChI is InChI=1S/C15H15N3O2S/c1-9-8-21-14(17-9)7-16-15(20)11-6-13(19)18-12-5-3-2-4-10(11)12/h2-5,8,11H,6-7H2,1H3,(H,16,20)(H,18,19)/t11-/m1/s1. The maximum atomic E-state index is 12.4. The molecule has 1 aromatic heterocycles. The van der Waals surface area contributed by atoms with Gasteiger partial charge in [0.1, 0.15) is 5.01 Å². The highest BCUT2D eigenvalue weighted by atomic mass is 32.1. The fraction of sp³-hybridized carbons (Fsp3) is 0.267. The van der Waals surface area contributed by atoms with Gasteiger partial charge in [0.2, 0.25) is 11.8 Å². The van der Waals surface area contributed by atoms with E-state index in [0.717, 1.165) is 22.0 Å². The number of anilines is 1. The smallest absolute Gasteiger partial charge is 0.228 e. The molecule has 2 aromatic rings. The molecule has 2 N–H and O–H groups in total. The van der Waals surface area contributed by atoms with Gasteiger partial charge in [-0.2, -0.15) is 0 Å². The number of para-hydroxylation sites is 1. The summed E-state index contributed by atoms with van der Waals surface area (Å²) < 4.78 is 0. The zero-order chi connectivity index (χ0) is 14.8. The highest BCUT2D eigenvalue weighted by Gasteiger charge is 2.30. The molecule has 6 heteroatoms. The Morgan fingerprint density at radius 2 is 2.29 bits per heavy atom. The number of aromatic nitrogens is 1. The first-order valence-corrected chi connectivity index (χ1v) is 7.59. The maximum Gasteiger partial charge on any atom is 0.228 e. The first-order chi connectivity index (χ1) is 10.1. The summed E-state index contributed by atoms with van der Waals surface area (Å²) in [6, 6.07) is 7.42. The molecule has 0 aliphatic carbocycles. The van der Waals surface area contributed by atoms with Gasteiger partial charge in [0.15, 0.2) is 0 Å². The zero-order valence-electron chi connectivity index (χ0n) is 11.6. The summed E-state index contributed by atoms with van der Waals surface area (Å²) in [6.07, 6.45) is 0.180. The summed E-state index contributed by atoms with van der Waals surface area (Å²) in [5, 5.41) is 8.48. The van der Waals surface area contributed by atoms with Crippen LogP contribution < -0.4 is 10.6 Å². The number of carbonyl (C=O) groups excluding carboxylic acids is 2. The Morgan fingerprint density at radius 1 is 1.48 bits per heavy atom. The van der Waals surface area contributed by atoms with Crippen molar-refractivity contribution in [3.05, 3.63) is 45.9 Å². The minimum Gasteiger partial charge on any atom is -0.349 e. The van der Waals surface area contributed by atoms with E-state index in [4.69, 9.17) is 0 Å². The van der Waals surface area contributed by atoms with Gasteiger partial charge in [0.25, 0.3) is 0 Å². The molecule has 0 fully saturated rings. The Kier molecular flexibility index (Phi) is 3.70. The number of rotatable bonds is 3. The van der Waals surface area contributed by atoms with E-state index in [9.17, 15) is 9.59 Å². The van der Waals surface area contributed by atoms with Gasteiger partial charge in [-0.25, -0.2) is 4.98 Å². The third-order valence-electron chi connectivity index (χ3n) is 3.40. The van der Waals surface area contributed by atoms with Crippen molar-refractivity contribution in [2.24, 2.45) is 0 Å². The van der Waals surface area contributed by atoms with E-state index >= 15 is 0 Å². The lowest BCUT2D eigenvalue weighted by molar-refractivity contribution is -0.126. The van der Waals surface area contributed by atoms with Gasteiger partial charge in [-0.3, -0.25) is 9.59 Å². The van der Waals surface area contributed by atoms with Crippen LogP contribution in [0.5, 0.6) is 0 Å². The van der Waals surface area contributed by atoms with Crippen LogP contribution in [0.1, 0.15) is 28.6 Å². The van der Waals surface area contributed by atoms with Crippen LogP contribution in [0.3, 0.4) is 0 Å². The summed E-state index contributed by atoms with van der Waals surface area (Å²) in [5.41, 5.74) is 2.54. The van der Waals surface area contributed by atoms with Gasteiger partial charge in [0, 0.05) is 23.2 Å². The van der Waals surface area contributed by atoms with Crippen molar-refractivity contribution < 1.29 is 9.59 Å². The van der Waals surface area contributed by atoms with Gasteiger partial charge in [-0.15, -0.1) is 11.3 Å². The second-order valence-corrected chi connectivity index (χ2v) is 5.94. The lowest BCUT2D eigenvalue weighted by atomic mass is 9.90. The molecule has 2 heterocycles. The molecule has 5 nitrogen and oxygen atoms in total. The number of benzene rings is 1. The van der Waals surface area contributed by atoms with E-state index in [0.29, 0.717) is 6.54 Å². The monoisotopic (exact) mass is 301 g/mol. The Morgan fingerprint density at radius 3 is 3.05 bits per heavy atom. The van der Waals surface area contributed by atoms with Gasteiger partial charge < -0.3 is 10.6 Å². The normalized spacial score (nSPS) is 17.0. The summed E-state index contributed by atoms with van der Waals surface area (Å²) in [5.74, 6) is -0.694. The molecule has 1 aliphatic heterocycles. The summed E-state index contributed by atoms with van der Waals surface area (Å²) in [7, 11) is 0. The molecule has 0 unspecified atom stereocenters. The fourth-order valence-corrected chi connectivity index (χ4v) is 3.13. The molecule has 0 radical (unpaired) electrons. The third kappa shape index (κ3) is 2.95. The highest BCUT2D eigenvalue weighted by Crippen LogP contribution is 2.32. The summed E-state index contributed by atoms with van der Waals surface area (Å²) >= 11 is 1.52. The van der Waals surface area contributed by atoms with Crippen LogP contribution in [0.25, 0.3) is 0 Å². The van der Waals surface area contributed by atoms with E-state index in [-0.39, 0.29) is 18.2 Å². The SMILES string of the molecule is Cc1csc(CNC(=O)[C@@H]2CC(=O)Nc3ccccc32)n1. The number of thiazole rings is 1. The lowest BCUT2D eigenvalue weighted by Crippen LogP contribution is -2.34. The largest absolute Gasteiger partial charge is 0.349 e. The number of amides is 2. The molecular weight excluding hydrogens is 286 g/mol. The van der Waals surface area contributed by atoms with Crippen molar-refractivity contribution in [3.8, 4) is 0 Å². The molecule has 0 bridgehead atoms. The molecule has 0 spiro atoms. The number of fused-ring (bicyclic) bond motifs is 1. The summed E-state index contributed by atoms with van der Waals surface area (Å²) in [4.78, 5) is 28.4. The van der Waals surface area contributed by atoms with Crippen LogP contribution in [-0.2, 0) is 16.1 Å². The predicted octanol–water partition coefficient (Wildman–Crippen LogP) is 2.19. The first kappa shape index (κ1) is 13.8. The van der Waals surface area contributed by atoms with Gasteiger partial charge in [0.05, 0.1) is 12.5 Å². The Hall–Kier alpha value is -2.21. The van der Waals surface area contributed by atoms with Gasteiger partial charge >= 0.3 is 0 Å². The third-order valence-corrected chi connectivity index (χ3v) is 4.36. The molecule has 2 amide bonds. The van der Waals surface area contributed by atoms with Crippen LogP contribution in [0.4, 0.5) is 5.69 Å². The molecule has 1 aromatic carbocycles. The fourth-order valence-electron chi connectivity index (χ4n) is 2.42. The van der Waals surface area contributed by atoms with E-state index in [1.807, 2.05) is 36.6 Å². The Bertz CT molecular complexity index is 696. The van der Waals surface area contributed by atoms with E-state index < -0.39 is 5.92 Å². The second-order valence-electron chi connectivity index (χ2n) is 4.99. The van der Waals surface area contributed by atoms with Crippen molar-refractivity contribution in [2.75, 3.05) is 5.32 Å². The molecule has 108 valence electrons. The van der Waals surface area contributed by atoms with Crippen molar-refractivity contribution >= 4 is 28.8 Å². The van der Waals surface area contributed by atoms with E-state index in [1.165, 1.54) is 11.3 Å². The number of nitrogens with zero attached hydrogens (tertiary/aromatic N) is 1. The molecule has 0 saturated heterocycles. The first-order valence-electron chi connectivity index (χ1n) is 6.71. The maximum absolute atomic E-state index is 12.4. The molecule has 3 rings (SSSR count). The highest BCUT2D eigenvalue weighted by molar-refractivity contribution is 7.09. The quantitative estimate of drug-likeness (QED) is 0.913. The zero-order valence-corrected chi connectivity index (χ0v) is 12.4. The number of carbonyl (C=O) groups is 2. The van der Waals surface area contributed by atoms with Crippen LogP contribution in [-0.4, -0.2) is 16.8 Å². The Labute approximate surface area is 126 Å². The number of aryl methyl sites for hydroxylation is 1. The van der Waals surface area contributed by atoms with Crippen molar-refractivity contribution in [2.45, 2.75) is 25.8 Å². The second kappa shape index (κ2) is 5.65. The van der Waals surface area contributed by atoms with Gasteiger partial charge in [-0.1, -0.05) is 18.2 Å². The lowest BCUT2D eigenvalue weighted by Gasteiger charge is -2.24. The van der Waals surface area contributed by atoms with Crippen LogP contribution in [0.15, 0.2) is 29.6 Å². The molecule has 1 aliphatic rings. The molecule has 21 heavy (non-hydrogen) atoms. The number of hydrogen-bond donors (Lipinski definition) is 2. The van der Waals surface area contributed by atoms with E-state index in [1.54, 1.807) is 0 Å². The predicted molar refractivity (Wildman–Crippen MR) is 81.1 cm³/mol. The van der Waals surface area contributed by atoms with Crippen molar-refractivity contribution in [1.82, 2.24) is 10.3 Å². The summed E-state index contributed by atoms with van der Waals surface area (Å²) in [6.45, 7) is 2.32.